The largest absolute Gasteiger partial charge is 0.497 e. The highest BCUT2D eigenvalue weighted by atomic mass is 16.5. The third kappa shape index (κ3) is 4.52. The van der Waals surface area contributed by atoms with Crippen LogP contribution in [0.15, 0.2) is 42.5 Å². The number of aryl methyl sites for hydroxylation is 2. The molecule has 116 valence electrons. The monoisotopic (exact) mass is 298 g/mol. The van der Waals surface area contributed by atoms with Gasteiger partial charge in [-0.1, -0.05) is 24.3 Å². The molecule has 4 nitrogen and oxygen atoms in total. The lowest BCUT2D eigenvalue weighted by atomic mass is 10.1. The molecule has 0 saturated heterocycles. The Labute approximate surface area is 131 Å². The lowest BCUT2D eigenvalue weighted by molar-refractivity contribution is -0.119. The van der Waals surface area contributed by atoms with Crippen LogP contribution in [0.5, 0.6) is 5.75 Å². The topological polar surface area (TPSA) is 50.4 Å². The van der Waals surface area contributed by atoms with Gasteiger partial charge in [-0.15, -0.1) is 0 Å². The number of ether oxygens (including phenoxy) is 1. The summed E-state index contributed by atoms with van der Waals surface area (Å²) in [6, 6.07) is 13.8. The van der Waals surface area contributed by atoms with Crippen molar-refractivity contribution in [3.05, 3.63) is 59.2 Å². The van der Waals surface area contributed by atoms with Crippen LogP contribution in [0.25, 0.3) is 0 Å². The van der Waals surface area contributed by atoms with E-state index in [9.17, 15) is 4.79 Å². The van der Waals surface area contributed by atoms with Crippen molar-refractivity contribution in [1.82, 2.24) is 5.32 Å². The van der Waals surface area contributed by atoms with Gasteiger partial charge in [-0.2, -0.15) is 0 Å². The summed E-state index contributed by atoms with van der Waals surface area (Å²) in [6.07, 6.45) is 0. The van der Waals surface area contributed by atoms with Gasteiger partial charge < -0.3 is 15.4 Å². The summed E-state index contributed by atoms with van der Waals surface area (Å²) in [6.45, 7) is 4.81. The summed E-state index contributed by atoms with van der Waals surface area (Å²) in [5, 5.41) is 6.07. The summed E-state index contributed by atoms with van der Waals surface area (Å²) in [7, 11) is 1.63. The molecular weight excluding hydrogens is 276 g/mol. The van der Waals surface area contributed by atoms with Crippen molar-refractivity contribution < 1.29 is 9.53 Å². The molecule has 0 aliphatic heterocycles. The standard InChI is InChI=1S/C18H22N2O2/c1-13-7-8-14(2)17(9-13)19-12-18(21)20-11-15-5-4-6-16(10-15)22-3/h4-10,19H,11-12H2,1-3H3,(H,20,21). The zero-order valence-electron chi connectivity index (χ0n) is 13.3. The van der Waals surface area contributed by atoms with Crippen molar-refractivity contribution >= 4 is 11.6 Å². The van der Waals surface area contributed by atoms with Gasteiger partial charge in [0, 0.05) is 12.2 Å². The highest BCUT2D eigenvalue weighted by molar-refractivity contribution is 5.81. The molecule has 0 radical (unpaired) electrons. The van der Waals surface area contributed by atoms with E-state index in [-0.39, 0.29) is 12.5 Å². The van der Waals surface area contributed by atoms with Gasteiger partial charge in [-0.25, -0.2) is 0 Å². The van der Waals surface area contributed by atoms with E-state index in [0.717, 1.165) is 22.6 Å². The SMILES string of the molecule is COc1cccc(CNC(=O)CNc2cc(C)ccc2C)c1. The highest BCUT2D eigenvalue weighted by Crippen LogP contribution is 2.16. The second kappa shape index (κ2) is 7.50. The zero-order valence-corrected chi connectivity index (χ0v) is 13.3. The van der Waals surface area contributed by atoms with E-state index in [2.05, 4.69) is 16.7 Å². The van der Waals surface area contributed by atoms with Gasteiger partial charge in [0.1, 0.15) is 5.75 Å². The molecule has 0 unspecified atom stereocenters. The molecule has 2 rings (SSSR count). The minimum absolute atomic E-state index is 0.0382. The van der Waals surface area contributed by atoms with E-state index in [1.807, 2.05) is 50.2 Å². The van der Waals surface area contributed by atoms with E-state index in [1.165, 1.54) is 5.56 Å². The van der Waals surface area contributed by atoms with Crippen molar-refractivity contribution in [2.45, 2.75) is 20.4 Å². The molecule has 0 atom stereocenters. The molecule has 2 aromatic rings. The fourth-order valence-corrected chi connectivity index (χ4v) is 2.15. The quantitative estimate of drug-likeness (QED) is 0.862. The smallest absolute Gasteiger partial charge is 0.239 e. The molecule has 2 N–H and O–H groups in total. The Bertz CT molecular complexity index is 653. The van der Waals surface area contributed by atoms with Crippen LogP contribution in [-0.2, 0) is 11.3 Å². The van der Waals surface area contributed by atoms with E-state index in [1.54, 1.807) is 7.11 Å². The number of carbonyl (C=O) groups excluding carboxylic acids is 1. The van der Waals surface area contributed by atoms with Gasteiger partial charge in [0.2, 0.25) is 5.91 Å². The number of carbonyl (C=O) groups is 1. The second-order valence-corrected chi connectivity index (χ2v) is 5.30. The number of hydrogen-bond acceptors (Lipinski definition) is 3. The molecule has 22 heavy (non-hydrogen) atoms. The van der Waals surface area contributed by atoms with Gasteiger partial charge in [0.25, 0.3) is 0 Å². The van der Waals surface area contributed by atoms with E-state index in [4.69, 9.17) is 4.74 Å². The van der Waals surface area contributed by atoms with Crippen LogP contribution >= 0.6 is 0 Å². The number of methoxy groups -OCH3 is 1. The summed E-state index contributed by atoms with van der Waals surface area (Å²) < 4.78 is 5.17. The van der Waals surface area contributed by atoms with Crippen LogP contribution in [-0.4, -0.2) is 19.6 Å². The Balaban J connectivity index is 1.84. The van der Waals surface area contributed by atoms with Crippen LogP contribution in [0.4, 0.5) is 5.69 Å². The maximum atomic E-state index is 11.9. The van der Waals surface area contributed by atoms with Crippen LogP contribution in [0.3, 0.4) is 0 Å². The van der Waals surface area contributed by atoms with Crippen LogP contribution in [0.1, 0.15) is 16.7 Å². The number of benzene rings is 2. The average molecular weight is 298 g/mol. The first-order valence-corrected chi connectivity index (χ1v) is 7.29. The molecule has 0 aromatic heterocycles. The minimum atomic E-state index is -0.0382. The molecule has 0 heterocycles. The fraction of sp³-hybridized carbons (Fsp3) is 0.278. The Kier molecular flexibility index (Phi) is 5.42. The van der Waals surface area contributed by atoms with Gasteiger partial charge in [0.15, 0.2) is 0 Å². The van der Waals surface area contributed by atoms with Crippen LogP contribution < -0.4 is 15.4 Å². The number of amides is 1. The van der Waals surface area contributed by atoms with Crippen LogP contribution in [0, 0.1) is 13.8 Å². The van der Waals surface area contributed by atoms with Crippen molar-refractivity contribution in [2.75, 3.05) is 19.0 Å². The van der Waals surface area contributed by atoms with Crippen molar-refractivity contribution in [3.8, 4) is 5.75 Å². The van der Waals surface area contributed by atoms with E-state index in [0.29, 0.717) is 6.54 Å². The Morgan fingerprint density at radius 3 is 2.73 bits per heavy atom. The van der Waals surface area contributed by atoms with Crippen molar-refractivity contribution in [1.29, 1.82) is 0 Å². The summed E-state index contributed by atoms with van der Waals surface area (Å²) in [5.74, 6) is 0.754. The Morgan fingerprint density at radius 2 is 1.95 bits per heavy atom. The summed E-state index contributed by atoms with van der Waals surface area (Å²) >= 11 is 0. The molecule has 1 amide bonds. The minimum Gasteiger partial charge on any atom is -0.497 e. The first-order chi connectivity index (χ1) is 10.6. The highest BCUT2D eigenvalue weighted by Gasteiger charge is 2.04. The zero-order chi connectivity index (χ0) is 15.9. The van der Waals surface area contributed by atoms with E-state index >= 15 is 0 Å². The number of anilines is 1. The first-order valence-electron chi connectivity index (χ1n) is 7.29. The second-order valence-electron chi connectivity index (χ2n) is 5.30. The molecule has 0 spiro atoms. The molecule has 4 heteroatoms. The van der Waals surface area contributed by atoms with Gasteiger partial charge in [-0.05, 0) is 48.7 Å². The molecule has 0 bridgehead atoms. The average Bonchev–Trinajstić information content (AvgIpc) is 2.54. The molecular formula is C18H22N2O2. The number of hydrogen-bond donors (Lipinski definition) is 2. The third-order valence-corrected chi connectivity index (χ3v) is 3.46. The maximum absolute atomic E-state index is 11.9. The molecule has 0 aliphatic rings. The molecule has 2 aromatic carbocycles. The predicted octanol–water partition coefficient (Wildman–Crippen LogP) is 3.04. The number of rotatable bonds is 6. The van der Waals surface area contributed by atoms with Crippen LogP contribution in [0.2, 0.25) is 0 Å². The lowest BCUT2D eigenvalue weighted by Crippen LogP contribution is -2.29. The predicted molar refractivity (Wildman–Crippen MR) is 89.2 cm³/mol. The van der Waals surface area contributed by atoms with Gasteiger partial charge >= 0.3 is 0 Å². The molecule has 0 saturated carbocycles. The number of nitrogens with one attached hydrogen (secondary N) is 2. The van der Waals surface area contributed by atoms with Gasteiger partial charge in [0.05, 0.1) is 13.7 Å². The molecule has 0 aliphatic carbocycles. The van der Waals surface area contributed by atoms with Crippen molar-refractivity contribution in [3.63, 3.8) is 0 Å². The van der Waals surface area contributed by atoms with E-state index < -0.39 is 0 Å². The molecule has 0 fully saturated rings. The summed E-state index contributed by atoms with van der Waals surface area (Å²) in [5.41, 5.74) is 4.31. The maximum Gasteiger partial charge on any atom is 0.239 e. The summed E-state index contributed by atoms with van der Waals surface area (Å²) in [4.78, 5) is 11.9. The Hall–Kier alpha value is -2.49. The fourth-order valence-electron chi connectivity index (χ4n) is 2.15. The van der Waals surface area contributed by atoms with Gasteiger partial charge in [-0.3, -0.25) is 4.79 Å². The normalized spacial score (nSPS) is 10.1. The Morgan fingerprint density at radius 1 is 1.14 bits per heavy atom. The first kappa shape index (κ1) is 15.9. The third-order valence-electron chi connectivity index (χ3n) is 3.46. The van der Waals surface area contributed by atoms with Crippen molar-refractivity contribution in [2.24, 2.45) is 0 Å². The lowest BCUT2D eigenvalue weighted by Gasteiger charge is -2.11.